The number of hydrogen-bond donors (Lipinski definition) is 6. The summed E-state index contributed by atoms with van der Waals surface area (Å²) in [5, 5.41) is 53.9. The van der Waals surface area contributed by atoms with Crippen molar-refractivity contribution in [2.24, 2.45) is 0 Å². The smallest absolute Gasteiger partial charge is 0.220 e. The van der Waals surface area contributed by atoms with Crippen molar-refractivity contribution in [1.82, 2.24) is 5.32 Å². The Kier molecular flexibility index (Phi) is 31.9. The first-order chi connectivity index (χ1) is 26.3. The Balaban J connectivity index is 2.46. The van der Waals surface area contributed by atoms with Gasteiger partial charge in [0, 0.05) is 6.42 Å². The topological polar surface area (TPSA) is 149 Å². The minimum absolute atomic E-state index is 0.220. The molecule has 54 heavy (non-hydrogen) atoms. The molecular weight excluding hydrogens is 682 g/mol. The molecule has 7 atom stereocenters. The molecule has 1 aliphatic heterocycles. The van der Waals surface area contributed by atoms with E-state index in [4.69, 9.17) is 9.47 Å². The van der Waals surface area contributed by atoms with E-state index in [1.54, 1.807) is 6.08 Å². The highest BCUT2D eigenvalue weighted by Gasteiger charge is 2.44. The van der Waals surface area contributed by atoms with Gasteiger partial charge in [0.25, 0.3) is 0 Å². The minimum Gasteiger partial charge on any atom is -0.394 e. The molecule has 0 aliphatic carbocycles. The zero-order chi connectivity index (χ0) is 39.5. The molecule has 7 unspecified atom stereocenters. The maximum absolute atomic E-state index is 12.9. The Bertz CT molecular complexity index is 1110. The van der Waals surface area contributed by atoms with Crippen molar-refractivity contribution in [3.8, 4) is 0 Å². The van der Waals surface area contributed by atoms with Crippen molar-refractivity contribution in [3.05, 3.63) is 85.1 Å². The highest BCUT2D eigenvalue weighted by atomic mass is 16.7. The quantitative estimate of drug-likeness (QED) is 0.0299. The highest BCUT2D eigenvalue weighted by molar-refractivity contribution is 5.76. The molecule has 6 N–H and O–H groups in total. The largest absolute Gasteiger partial charge is 0.394 e. The van der Waals surface area contributed by atoms with Crippen molar-refractivity contribution in [2.75, 3.05) is 13.2 Å². The average Bonchev–Trinajstić information content (AvgIpc) is 3.17. The first-order valence-corrected chi connectivity index (χ1v) is 20.8. The van der Waals surface area contributed by atoms with E-state index in [0.717, 1.165) is 70.6 Å². The molecule has 1 fully saturated rings. The molecule has 1 amide bonds. The lowest BCUT2D eigenvalue weighted by Gasteiger charge is -2.40. The number of carbonyl (C=O) groups excluding carboxylic acids is 1. The fourth-order valence-corrected chi connectivity index (χ4v) is 5.84. The maximum atomic E-state index is 12.9. The van der Waals surface area contributed by atoms with Crippen LogP contribution in [-0.2, 0) is 14.3 Å². The summed E-state index contributed by atoms with van der Waals surface area (Å²) in [4.78, 5) is 12.9. The van der Waals surface area contributed by atoms with Gasteiger partial charge in [0.2, 0.25) is 5.91 Å². The fraction of sp³-hybridized carbons (Fsp3) is 0.667. The van der Waals surface area contributed by atoms with Crippen LogP contribution in [0.3, 0.4) is 0 Å². The second-order valence-corrected chi connectivity index (χ2v) is 14.0. The molecule has 1 saturated heterocycles. The average molecular weight is 758 g/mol. The predicted molar refractivity (Wildman–Crippen MR) is 221 cm³/mol. The van der Waals surface area contributed by atoms with E-state index in [2.05, 4.69) is 92.1 Å². The molecule has 0 aromatic heterocycles. The number of aliphatic hydroxyl groups excluding tert-OH is 5. The van der Waals surface area contributed by atoms with Crippen LogP contribution in [0.2, 0.25) is 0 Å². The Morgan fingerprint density at radius 3 is 1.78 bits per heavy atom. The number of aliphatic hydroxyl groups is 5. The summed E-state index contributed by atoms with van der Waals surface area (Å²) in [6.07, 6.45) is 40.5. The highest BCUT2D eigenvalue weighted by Crippen LogP contribution is 2.22. The third-order valence-electron chi connectivity index (χ3n) is 9.20. The van der Waals surface area contributed by atoms with Gasteiger partial charge in [-0.2, -0.15) is 0 Å². The normalized spacial score (nSPS) is 22.4. The number of rotatable bonds is 32. The van der Waals surface area contributed by atoms with E-state index >= 15 is 0 Å². The number of unbranched alkanes of at least 4 members (excludes halogenated alkanes) is 10. The molecule has 1 rings (SSSR count). The van der Waals surface area contributed by atoms with Gasteiger partial charge >= 0.3 is 0 Å². The van der Waals surface area contributed by atoms with Gasteiger partial charge in [-0.05, 0) is 77.0 Å². The van der Waals surface area contributed by atoms with Gasteiger partial charge in [-0.1, -0.05) is 137 Å². The van der Waals surface area contributed by atoms with Crippen LogP contribution >= 0.6 is 0 Å². The monoisotopic (exact) mass is 758 g/mol. The number of carbonyl (C=O) groups is 1. The van der Waals surface area contributed by atoms with Crippen molar-refractivity contribution in [3.63, 3.8) is 0 Å². The van der Waals surface area contributed by atoms with Crippen molar-refractivity contribution in [2.45, 2.75) is 179 Å². The van der Waals surface area contributed by atoms with Crippen LogP contribution in [0.1, 0.15) is 136 Å². The van der Waals surface area contributed by atoms with Crippen LogP contribution in [0.15, 0.2) is 85.1 Å². The molecule has 308 valence electrons. The van der Waals surface area contributed by atoms with Gasteiger partial charge in [-0.15, -0.1) is 0 Å². The molecule has 0 aromatic carbocycles. The molecule has 0 saturated carbocycles. The second kappa shape index (κ2) is 34.8. The Morgan fingerprint density at radius 1 is 0.648 bits per heavy atom. The molecule has 0 aromatic rings. The Labute approximate surface area is 327 Å². The van der Waals surface area contributed by atoms with E-state index in [0.29, 0.717) is 12.8 Å². The van der Waals surface area contributed by atoms with Gasteiger partial charge in [0.1, 0.15) is 24.4 Å². The lowest BCUT2D eigenvalue weighted by molar-refractivity contribution is -0.302. The molecule has 0 bridgehead atoms. The molecule has 1 aliphatic rings. The van der Waals surface area contributed by atoms with E-state index in [1.165, 1.54) is 38.5 Å². The zero-order valence-corrected chi connectivity index (χ0v) is 33.4. The second-order valence-electron chi connectivity index (χ2n) is 14.0. The summed E-state index contributed by atoms with van der Waals surface area (Å²) < 4.78 is 11.1. The number of ether oxygens (including phenoxy) is 2. The van der Waals surface area contributed by atoms with Crippen LogP contribution in [-0.4, -0.2) is 87.5 Å². The van der Waals surface area contributed by atoms with Crippen LogP contribution in [0.25, 0.3) is 0 Å². The molecule has 0 radical (unpaired) electrons. The van der Waals surface area contributed by atoms with Crippen molar-refractivity contribution < 1.29 is 39.8 Å². The SMILES string of the molecule is CC/C=C\C/C=C\C/C=C\C/C=C\C/C=C\CCCCCC(=O)NC(COC1OC(CO)C(O)C(O)C1O)C(O)/C=C/CC/C=C/CCCCCCCC. The fourth-order valence-electron chi connectivity index (χ4n) is 5.84. The number of nitrogens with one attached hydrogen (secondary N) is 1. The summed E-state index contributed by atoms with van der Waals surface area (Å²) in [6, 6.07) is -0.842. The van der Waals surface area contributed by atoms with Crippen LogP contribution < -0.4 is 5.32 Å². The number of allylic oxidation sites excluding steroid dienone is 13. The summed E-state index contributed by atoms with van der Waals surface area (Å²) in [5.41, 5.74) is 0. The van der Waals surface area contributed by atoms with E-state index < -0.39 is 49.5 Å². The summed E-state index contributed by atoms with van der Waals surface area (Å²) in [5.74, 6) is -0.225. The van der Waals surface area contributed by atoms with Gasteiger partial charge < -0.3 is 40.3 Å². The Morgan fingerprint density at radius 2 is 1.17 bits per heavy atom. The maximum Gasteiger partial charge on any atom is 0.220 e. The summed E-state index contributed by atoms with van der Waals surface area (Å²) in [7, 11) is 0. The molecule has 9 nitrogen and oxygen atoms in total. The zero-order valence-electron chi connectivity index (χ0n) is 33.4. The summed E-state index contributed by atoms with van der Waals surface area (Å²) >= 11 is 0. The molecule has 1 heterocycles. The molecule has 9 heteroatoms. The lowest BCUT2D eigenvalue weighted by Crippen LogP contribution is -2.60. The van der Waals surface area contributed by atoms with Gasteiger partial charge in [0.15, 0.2) is 6.29 Å². The van der Waals surface area contributed by atoms with Crippen LogP contribution in [0.4, 0.5) is 0 Å². The first kappa shape index (κ1) is 49.4. The summed E-state index contributed by atoms with van der Waals surface area (Å²) in [6.45, 7) is 3.57. The lowest BCUT2D eigenvalue weighted by atomic mass is 9.99. The van der Waals surface area contributed by atoms with Crippen molar-refractivity contribution in [1.29, 1.82) is 0 Å². The van der Waals surface area contributed by atoms with E-state index in [9.17, 15) is 30.3 Å². The molecule has 0 spiro atoms. The number of amides is 1. The first-order valence-electron chi connectivity index (χ1n) is 20.8. The van der Waals surface area contributed by atoms with E-state index in [1.807, 2.05) is 6.08 Å². The third kappa shape index (κ3) is 25.4. The number of hydrogen-bond acceptors (Lipinski definition) is 8. The van der Waals surface area contributed by atoms with Crippen LogP contribution in [0.5, 0.6) is 0 Å². The Hall–Kier alpha value is -2.63. The molecular formula is C45H75NO8. The predicted octanol–water partition coefficient (Wildman–Crippen LogP) is 7.99. The van der Waals surface area contributed by atoms with Crippen molar-refractivity contribution >= 4 is 5.91 Å². The van der Waals surface area contributed by atoms with Gasteiger partial charge in [-0.25, -0.2) is 0 Å². The van der Waals surface area contributed by atoms with Gasteiger partial charge in [0.05, 0.1) is 25.4 Å². The minimum atomic E-state index is -1.58. The van der Waals surface area contributed by atoms with Gasteiger partial charge in [-0.3, -0.25) is 4.79 Å². The van der Waals surface area contributed by atoms with E-state index in [-0.39, 0.29) is 12.5 Å². The van der Waals surface area contributed by atoms with Crippen LogP contribution in [0, 0.1) is 0 Å². The standard InChI is InChI=1S/C45H75NO8/c1-3-5-7-9-11-13-15-17-18-19-20-21-22-23-25-27-29-31-33-35-41(49)46-38(37-53-45-44(52)43(51)42(50)40(36-47)54-45)39(48)34-32-30-28-26-24-16-14-12-10-8-6-4-2/h5,7,11,13,17-18,20-21,23-26,32,34,38-40,42-45,47-48,50-52H,3-4,6,8-10,12,14-16,19,22,27-31,33,35-37H2,1-2H3,(H,46,49)/b7-5-,13-11-,18-17-,21-20-,25-23-,26-24+,34-32+. The third-order valence-corrected chi connectivity index (χ3v) is 9.20.